The zero-order valence-corrected chi connectivity index (χ0v) is 17.2. The van der Waals surface area contributed by atoms with Crippen LogP contribution in [-0.4, -0.2) is 81.6 Å². The van der Waals surface area contributed by atoms with E-state index in [0.717, 1.165) is 32.4 Å². The van der Waals surface area contributed by atoms with E-state index in [1.165, 1.54) is 0 Å². The number of aliphatic hydroxyl groups is 4. The molecule has 1 aliphatic heterocycles. The standard InChI is InChI=1S/C22H35NO5/c1-4-23-9-20(2)6-5-13(24)22-11-7-10-12(28-3)8-21(27,14(11)16(10)25)15(19(22)23)17(26)18(20)22/h10-19,24-27H,4-9H2,1-3H3/t10-,11-,12+,13+,14-,15+,16-,17-,18-,19-,20+,21-,22+/m1/s1. The molecule has 158 valence electrons. The summed E-state index contributed by atoms with van der Waals surface area (Å²) in [5.74, 6) is -0.557. The number of fused-ring (bicyclic) bond motifs is 2. The van der Waals surface area contributed by atoms with Gasteiger partial charge in [0, 0.05) is 55.2 Å². The van der Waals surface area contributed by atoms with Crippen LogP contribution in [0.25, 0.3) is 0 Å². The number of aliphatic hydroxyl groups excluding tert-OH is 3. The van der Waals surface area contributed by atoms with Crippen LogP contribution in [0, 0.1) is 40.4 Å². The SMILES string of the molecule is CCN1C[C@]2(C)CC[C@H](O)[C@@]34[C@@H]5C[C@H]6[C@@H](O)[C@@H]5[C@](O)(C[C@@H]6OC)[C@@H]([C@@H](O)[C@H]23)[C@@H]14. The molecule has 6 heteroatoms. The lowest BCUT2D eigenvalue weighted by Crippen LogP contribution is -2.75. The lowest BCUT2D eigenvalue weighted by atomic mass is 9.43. The molecular weight excluding hydrogens is 358 g/mol. The molecule has 0 aromatic carbocycles. The first-order valence-electron chi connectivity index (χ1n) is 11.3. The normalized spacial score (nSPS) is 67.0. The van der Waals surface area contributed by atoms with Gasteiger partial charge in [-0.05, 0) is 37.1 Å². The van der Waals surface area contributed by atoms with Crippen molar-refractivity contribution < 1.29 is 25.2 Å². The third-order valence-corrected chi connectivity index (χ3v) is 10.7. The van der Waals surface area contributed by atoms with Crippen LogP contribution in [0.1, 0.15) is 39.5 Å². The highest BCUT2D eigenvalue weighted by Crippen LogP contribution is 2.78. The van der Waals surface area contributed by atoms with Gasteiger partial charge < -0.3 is 25.2 Å². The topological polar surface area (TPSA) is 93.4 Å². The Hall–Kier alpha value is -0.240. The Morgan fingerprint density at radius 3 is 2.57 bits per heavy atom. The van der Waals surface area contributed by atoms with Gasteiger partial charge in [0.05, 0.1) is 30.0 Å². The summed E-state index contributed by atoms with van der Waals surface area (Å²) in [5.41, 5.74) is -1.62. The van der Waals surface area contributed by atoms with Crippen LogP contribution in [0.4, 0.5) is 0 Å². The zero-order chi connectivity index (χ0) is 19.8. The Morgan fingerprint density at radius 2 is 1.89 bits per heavy atom. The van der Waals surface area contributed by atoms with Gasteiger partial charge in [-0.1, -0.05) is 13.8 Å². The van der Waals surface area contributed by atoms with Crippen molar-refractivity contribution in [2.45, 2.75) is 75.6 Å². The lowest BCUT2D eigenvalue weighted by Gasteiger charge is -2.68. The summed E-state index contributed by atoms with van der Waals surface area (Å²) in [7, 11) is 1.67. The van der Waals surface area contributed by atoms with Gasteiger partial charge >= 0.3 is 0 Å². The molecule has 0 aromatic rings. The predicted octanol–water partition coefficient (Wildman–Crippen LogP) is 0.221. The van der Waals surface area contributed by atoms with E-state index in [1.807, 2.05) is 0 Å². The molecule has 6 rings (SSSR count). The number of methoxy groups -OCH3 is 1. The first kappa shape index (κ1) is 18.5. The first-order valence-corrected chi connectivity index (χ1v) is 11.3. The van der Waals surface area contributed by atoms with E-state index in [9.17, 15) is 20.4 Å². The molecule has 0 radical (unpaired) electrons. The Balaban J connectivity index is 1.62. The average molecular weight is 394 g/mol. The van der Waals surface area contributed by atoms with E-state index in [1.54, 1.807) is 7.11 Å². The van der Waals surface area contributed by atoms with E-state index >= 15 is 0 Å². The molecule has 7 bridgehead atoms. The second kappa shape index (κ2) is 5.32. The molecule has 5 saturated carbocycles. The molecule has 1 heterocycles. The zero-order valence-electron chi connectivity index (χ0n) is 17.2. The number of hydrogen-bond donors (Lipinski definition) is 4. The Kier molecular flexibility index (Phi) is 3.52. The average Bonchev–Trinajstić information content (AvgIpc) is 3.05. The maximum Gasteiger partial charge on any atom is 0.0796 e. The molecule has 28 heavy (non-hydrogen) atoms. The fourth-order valence-electron chi connectivity index (χ4n) is 10.2. The van der Waals surface area contributed by atoms with Crippen LogP contribution < -0.4 is 0 Å². The number of rotatable bonds is 2. The monoisotopic (exact) mass is 393 g/mol. The van der Waals surface area contributed by atoms with Gasteiger partial charge in [0.25, 0.3) is 0 Å². The predicted molar refractivity (Wildman–Crippen MR) is 101 cm³/mol. The quantitative estimate of drug-likeness (QED) is 0.536. The summed E-state index contributed by atoms with van der Waals surface area (Å²) in [6, 6.07) is -0.0197. The summed E-state index contributed by atoms with van der Waals surface area (Å²) in [5, 5.41) is 46.7. The first-order chi connectivity index (χ1) is 13.3. The van der Waals surface area contributed by atoms with Crippen molar-refractivity contribution in [3.8, 4) is 0 Å². The molecule has 6 fully saturated rings. The highest BCUT2D eigenvalue weighted by Gasteiger charge is 2.85. The number of hydrogen-bond acceptors (Lipinski definition) is 6. The van der Waals surface area contributed by atoms with Crippen LogP contribution in [0.15, 0.2) is 0 Å². The van der Waals surface area contributed by atoms with Crippen molar-refractivity contribution in [1.29, 1.82) is 0 Å². The van der Waals surface area contributed by atoms with Gasteiger partial charge in [0.1, 0.15) is 0 Å². The maximum atomic E-state index is 12.2. The van der Waals surface area contributed by atoms with Gasteiger partial charge in [-0.2, -0.15) is 0 Å². The molecule has 6 nitrogen and oxygen atoms in total. The fourth-order valence-corrected chi connectivity index (χ4v) is 10.2. The minimum atomic E-state index is -1.14. The van der Waals surface area contributed by atoms with Gasteiger partial charge in [-0.15, -0.1) is 0 Å². The van der Waals surface area contributed by atoms with Gasteiger partial charge in [0.2, 0.25) is 0 Å². The molecular formula is C22H35NO5. The minimum absolute atomic E-state index is 0.00637. The van der Waals surface area contributed by atoms with Crippen LogP contribution in [0.5, 0.6) is 0 Å². The van der Waals surface area contributed by atoms with Crippen molar-refractivity contribution in [3.05, 3.63) is 0 Å². The molecule has 0 amide bonds. The minimum Gasteiger partial charge on any atom is -0.392 e. The molecule has 13 atom stereocenters. The maximum absolute atomic E-state index is 12.2. The van der Waals surface area contributed by atoms with Crippen LogP contribution >= 0.6 is 0 Å². The molecule has 1 saturated heterocycles. The van der Waals surface area contributed by atoms with E-state index < -0.39 is 29.3 Å². The van der Waals surface area contributed by atoms with Crippen LogP contribution in [0.3, 0.4) is 0 Å². The number of ether oxygens (including phenoxy) is 1. The van der Waals surface area contributed by atoms with E-state index in [2.05, 4.69) is 18.7 Å². The molecule has 4 N–H and O–H groups in total. The largest absolute Gasteiger partial charge is 0.392 e. The molecule has 0 aromatic heterocycles. The Morgan fingerprint density at radius 1 is 1.14 bits per heavy atom. The summed E-state index contributed by atoms with van der Waals surface area (Å²) < 4.78 is 5.74. The van der Waals surface area contributed by atoms with Crippen molar-refractivity contribution in [3.63, 3.8) is 0 Å². The molecule has 6 aliphatic rings. The third-order valence-electron chi connectivity index (χ3n) is 10.7. The van der Waals surface area contributed by atoms with E-state index in [-0.39, 0.29) is 47.2 Å². The van der Waals surface area contributed by atoms with Crippen molar-refractivity contribution in [1.82, 2.24) is 4.90 Å². The molecule has 1 spiro atoms. The van der Waals surface area contributed by atoms with Crippen molar-refractivity contribution >= 4 is 0 Å². The van der Waals surface area contributed by atoms with Gasteiger partial charge in [0.15, 0.2) is 0 Å². The summed E-state index contributed by atoms with van der Waals surface area (Å²) in [4.78, 5) is 2.45. The highest BCUT2D eigenvalue weighted by atomic mass is 16.5. The van der Waals surface area contributed by atoms with Crippen molar-refractivity contribution in [2.24, 2.45) is 40.4 Å². The Bertz CT molecular complexity index is 704. The smallest absolute Gasteiger partial charge is 0.0796 e. The van der Waals surface area contributed by atoms with E-state index in [0.29, 0.717) is 6.42 Å². The number of likely N-dealkylation sites (tertiary alicyclic amines) is 1. The van der Waals surface area contributed by atoms with Crippen LogP contribution in [-0.2, 0) is 4.74 Å². The number of piperidine rings is 1. The second-order valence-electron chi connectivity index (χ2n) is 11.2. The van der Waals surface area contributed by atoms with Crippen LogP contribution in [0.2, 0.25) is 0 Å². The Labute approximate surface area is 166 Å². The van der Waals surface area contributed by atoms with Gasteiger partial charge in [-0.3, -0.25) is 4.90 Å². The third kappa shape index (κ3) is 1.65. The summed E-state index contributed by atoms with van der Waals surface area (Å²) >= 11 is 0. The lowest BCUT2D eigenvalue weighted by molar-refractivity contribution is -0.266. The molecule has 0 unspecified atom stereocenters. The summed E-state index contributed by atoms with van der Waals surface area (Å²) in [6.45, 7) is 6.23. The second-order valence-corrected chi connectivity index (χ2v) is 11.2. The fraction of sp³-hybridized carbons (Fsp3) is 1.00. The summed E-state index contributed by atoms with van der Waals surface area (Å²) in [6.07, 6.45) is 1.01. The van der Waals surface area contributed by atoms with E-state index in [4.69, 9.17) is 4.74 Å². The highest BCUT2D eigenvalue weighted by molar-refractivity contribution is 5.34. The van der Waals surface area contributed by atoms with Gasteiger partial charge in [-0.25, -0.2) is 0 Å². The number of nitrogens with zero attached hydrogens (tertiary/aromatic N) is 1. The molecule has 5 aliphatic carbocycles. The van der Waals surface area contributed by atoms with Crippen molar-refractivity contribution in [2.75, 3.05) is 20.2 Å².